The van der Waals surface area contributed by atoms with E-state index in [0.29, 0.717) is 12.4 Å². The lowest BCUT2D eigenvalue weighted by molar-refractivity contribution is 0.338. The Kier molecular flexibility index (Phi) is 3.09. The molecule has 3 heteroatoms. The molecule has 1 aliphatic heterocycles. The number of hydrogen-bond donors (Lipinski definition) is 0. The van der Waals surface area contributed by atoms with Gasteiger partial charge in [0.15, 0.2) is 0 Å². The van der Waals surface area contributed by atoms with Gasteiger partial charge in [0, 0.05) is 19.2 Å². The van der Waals surface area contributed by atoms with Crippen molar-refractivity contribution in [3.05, 3.63) is 24.0 Å². The van der Waals surface area contributed by atoms with Gasteiger partial charge in [0.1, 0.15) is 11.6 Å². The minimum absolute atomic E-state index is 0.235. The second-order valence-electron chi connectivity index (χ2n) is 3.74. The molecule has 0 N–H and O–H groups in total. The normalized spacial score (nSPS) is 15.7. The van der Waals surface area contributed by atoms with Gasteiger partial charge in [-0.1, -0.05) is 0 Å². The van der Waals surface area contributed by atoms with Crippen molar-refractivity contribution in [3.8, 4) is 5.75 Å². The number of benzene rings is 1. The first-order valence-electron chi connectivity index (χ1n) is 5.48. The van der Waals surface area contributed by atoms with Gasteiger partial charge in [-0.3, -0.25) is 0 Å². The Balaban J connectivity index is 2.27. The van der Waals surface area contributed by atoms with Crippen LogP contribution in [-0.4, -0.2) is 19.7 Å². The summed E-state index contributed by atoms with van der Waals surface area (Å²) in [4.78, 5) is 2.25. The van der Waals surface area contributed by atoms with Gasteiger partial charge in [0.25, 0.3) is 0 Å². The lowest BCUT2D eigenvalue weighted by atomic mass is 10.2. The maximum absolute atomic E-state index is 13.1. The molecule has 1 aromatic carbocycles. The molecule has 0 unspecified atom stereocenters. The Morgan fingerprint density at radius 1 is 1.33 bits per heavy atom. The Morgan fingerprint density at radius 2 is 2.07 bits per heavy atom. The van der Waals surface area contributed by atoms with E-state index in [0.717, 1.165) is 18.8 Å². The number of anilines is 1. The predicted octanol–water partition coefficient (Wildman–Crippen LogP) is 2.82. The average Bonchev–Trinajstić information content (AvgIpc) is 2.71. The number of hydrogen-bond acceptors (Lipinski definition) is 2. The molecule has 1 aromatic rings. The van der Waals surface area contributed by atoms with Crippen molar-refractivity contribution >= 4 is 5.69 Å². The molecule has 0 saturated carbocycles. The van der Waals surface area contributed by atoms with E-state index >= 15 is 0 Å². The van der Waals surface area contributed by atoms with Crippen LogP contribution in [0.2, 0.25) is 0 Å². The summed E-state index contributed by atoms with van der Waals surface area (Å²) in [5, 5.41) is 0. The topological polar surface area (TPSA) is 12.5 Å². The highest BCUT2D eigenvalue weighted by atomic mass is 19.1. The lowest BCUT2D eigenvalue weighted by Crippen LogP contribution is -2.18. The van der Waals surface area contributed by atoms with Crippen LogP contribution in [-0.2, 0) is 0 Å². The molecule has 0 aromatic heterocycles. The molecular formula is C12H16FNO. The zero-order chi connectivity index (χ0) is 10.7. The number of ether oxygens (including phenoxy) is 1. The molecule has 0 aliphatic carbocycles. The third-order valence-electron chi connectivity index (χ3n) is 2.67. The number of nitrogens with zero attached hydrogens (tertiary/aromatic N) is 1. The molecule has 0 radical (unpaired) electrons. The summed E-state index contributed by atoms with van der Waals surface area (Å²) in [6.45, 7) is 4.58. The molecule has 82 valence electrons. The van der Waals surface area contributed by atoms with E-state index in [4.69, 9.17) is 4.74 Å². The summed E-state index contributed by atoms with van der Waals surface area (Å²) in [5.74, 6) is 0.431. The molecule has 2 nitrogen and oxygen atoms in total. The van der Waals surface area contributed by atoms with Crippen molar-refractivity contribution in [2.24, 2.45) is 0 Å². The SMILES string of the molecule is CCOc1cc(F)ccc1N1CCCC1. The highest BCUT2D eigenvalue weighted by Crippen LogP contribution is 2.31. The zero-order valence-electron chi connectivity index (χ0n) is 9.00. The largest absolute Gasteiger partial charge is 0.492 e. The van der Waals surface area contributed by atoms with E-state index < -0.39 is 0 Å². The third-order valence-corrected chi connectivity index (χ3v) is 2.67. The van der Waals surface area contributed by atoms with Gasteiger partial charge >= 0.3 is 0 Å². The van der Waals surface area contributed by atoms with Gasteiger partial charge in [-0.25, -0.2) is 4.39 Å². The van der Waals surface area contributed by atoms with Crippen LogP contribution in [0.5, 0.6) is 5.75 Å². The summed E-state index contributed by atoms with van der Waals surface area (Å²) in [7, 11) is 0. The molecule has 0 amide bonds. The molecule has 15 heavy (non-hydrogen) atoms. The minimum atomic E-state index is -0.235. The second kappa shape index (κ2) is 4.51. The maximum atomic E-state index is 13.1. The Labute approximate surface area is 89.7 Å². The van der Waals surface area contributed by atoms with Gasteiger partial charge in [0.2, 0.25) is 0 Å². The fourth-order valence-electron chi connectivity index (χ4n) is 1.98. The van der Waals surface area contributed by atoms with Crippen molar-refractivity contribution in [1.82, 2.24) is 0 Å². The monoisotopic (exact) mass is 209 g/mol. The van der Waals surface area contributed by atoms with Gasteiger partial charge in [-0.15, -0.1) is 0 Å². The highest BCUT2D eigenvalue weighted by Gasteiger charge is 2.16. The van der Waals surface area contributed by atoms with E-state index in [1.54, 1.807) is 0 Å². The van der Waals surface area contributed by atoms with Crippen molar-refractivity contribution in [2.45, 2.75) is 19.8 Å². The van der Waals surface area contributed by atoms with E-state index in [2.05, 4.69) is 4.90 Å². The molecular weight excluding hydrogens is 193 g/mol. The van der Waals surface area contributed by atoms with Gasteiger partial charge in [-0.05, 0) is 31.9 Å². The molecule has 0 bridgehead atoms. The maximum Gasteiger partial charge on any atom is 0.145 e. The molecule has 1 fully saturated rings. The minimum Gasteiger partial charge on any atom is -0.492 e. The van der Waals surface area contributed by atoms with Gasteiger partial charge in [-0.2, -0.15) is 0 Å². The van der Waals surface area contributed by atoms with Crippen molar-refractivity contribution in [2.75, 3.05) is 24.6 Å². The van der Waals surface area contributed by atoms with E-state index in [9.17, 15) is 4.39 Å². The summed E-state index contributed by atoms with van der Waals surface area (Å²) >= 11 is 0. The fraction of sp³-hybridized carbons (Fsp3) is 0.500. The molecule has 1 saturated heterocycles. The Hall–Kier alpha value is -1.25. The second-order valence-corrected chi connectivity index (χ2v) is 3.74. The first kappa shape index (κ1) is 10.3. The van der Waals surface area contributed by atoms with Gasteiger partial charge in [0.05, 0.1) is 12.3 Å². The van der Waals surface area contributed by atoms with Crippen LogP contribution in [0.4, 0.5) is 10.1 Å². The van der Waals surface area contributed by atoms with Crippen LogP contribution >= 0.6 is 0 Å². The summed E-state index contributed by atoms with van der Waals surface area (Å²) < 4.78 is 18.5. The first-order valence-corrected chi connectivity index (χ1v) is 5.48. The van der Waals surface area contributed by atoms with Crippen LogP contribution in [0.1, 0.15) is 19.8 Å². The average molecular weight is 209 g/mol. The fourth-order valence-corrected chi connectivity index (χ4v) is 1.98. The standard InChI is InChI=1S/C12H16FNO/c1-2-15-12-9-10(13)5-6-11(12)14-7-3-4-8-14/h5-6,9H,2-4,7-8H2,1H3. The summed E-state index contributed by atoms with van der Waals surface area (Å²) in [5.41, 5.74) is 1.02. The first-order chi connectivity index (χ1) is 7.31. The van der Waals surface area contributed by atoms with Crippen LogP contribution < -0.4 is 9.64 Å². The zero-order valence-corrected chi connectivity index (χ0v) is 9.00. The van der Waals surface area contributed by atoms with Crippen LogP contribution in [0.25, 0.3) is 0 Å². The molecule has 1 heterocycles. The molecule has 2 rings (SSSR count). The summed E-state index contributed by atoms with van der Waals surface area (Å²) in [6.07, 6.45) is 2.42. The Morgan fingerprint density at radius 3 is 2.73 bits per heavy atom. The smallest absolute Gasteiger partial charge is 0.145 e. The number of rotatable bonds is 3. The van der Waals surface area contributed by atoms with E-state index in [-0.39, 0.29) is 5.82 Å². The molecule has 1 aliphatic rings. The van der Waals surface area contributed by atoms with Crippen LogP contribution in [0, 0.1) is 5.82 Å². The molecule has 0 spiro atoms. The Bertz CT molecular complexity index is 334. The molecule has 0 atom stereocenters. The van der Waals surface area contributed by atoms with Gasteiger partial charge < -0.3 is 9.64 Å². The van der Waals surface area contributed by atoms with Crippen molar-refractivity contribution < 1.29 is 9.13 Å². The van der Waals surface area contributed by atoms with Crippen LogP contribution in [0.3, 0.4) is 0 Å². The van der Waals surface area contributed by atoms with Crippen molar-refractivity contribution in [1.29, 1.82) is 0 Å². The summed E-state index contributed by atoms with van der Waals surface area (Å²) in [6, 6.07) is 4.78. The third kappa shape index (κ3) is 2.22. The van der Waals surface area contributed by atoms with E-state index in [1.807, 2.05) is 13.0 Å². The van der Waals surface area contributed by atoms with Crippen LogP contribution in [0.15, 0.2) is 18.2 Å². The lowest BCUT2D eigenvalue weighted by Gasteiger charge is -2.20. The van der Waals surface area contributed by atoms with Crippen molar-refractivity contribution in [3.63, 3.8) is 0 Å². The predicted molar refractivity (Wildman–Crippen MR) is 59.0 cm³/mol. The van der Waals surface area contributed by atoms with E-state index in [1.165, 1.54) is 25.0 Å². The highest BCUT2D eigenvalue weighted by molar-refractivity contribution is 5.59. The quantitative estimate of drug-likeness (QED) is 0.759. The number of halogens is 1.